The van der Waals surface area contributed by atoms with Gasteiger partial charge in [-0.25, -0.2) is 15.0 Å². The molecule has 5 nitrogen and oxygen atoms in total. The minimum Gasteiger partial charge on any atom is -0.453 e. The topological polar surface area (TPSA) is 56.7 Å². The summed E-state index contributed by atoms with van der Waals surface area (Å²) in [6.07, 6.45) is 0. The van der Waals surface area contributed by atoms with E-state index in [1.54, 1.807) is 0 Å². The lowest BCUT2D eigenvalue weighted by molar-refractivity contribution is 0.668. The molecule has 0 N–H and O–H groups in total. The van der Waals surface area contributed by atoms with Crippen molar-refractivity contribution < 1.29 is 4.42 Å². The van der Waals surface area contributed by atoms with Crippen molar-refractivity contribution >= 4 is 230 Å². The summed E-state index contributed by atoms with van der Waals surface area (Å²) >= 11 is 0. The highest BCUT2D eigenvalue weighted by Gasteiger charge is 2.29. The SMILES string of the molecule is [B]c1c([B])c([B])c2c(oc3c(-n4c5c([B])c([B])c([B])c([B])c5c5c([B])c([B])c([B])c([B])c54)c([B])c([B])c([B])c32)c1-c1nc(-c2ccccc2)nc(-c2ccccc2)n1. The molecule has 3 heterocycles. The molecule has 28 radical (unpaired) electrons. The van der Waals surface area contributed by atoms with E-state index >= 15 is 0 Å². The summed E-state index contributed by atoms with van der Waals surface area (Å²) in [4.78, 5) is 14.6. The second-order valence-corrected chi connectivity index (χ2v) is 13.8. The molecule has 0 atom stereocenters. The van der Waals surface area contributed by atoms with Gasteiger partial charge in [-0.3, -0.25) is 0 Å². The van der Waals surface area contributed by atoms with Crippen LogP contribution >= 0.6 is 0 Å². The lowest BCUT2D eigenvalue weighted by atomic mass is 9.63. The predicted molar refractivity (Wildman–Crippen MR) is 253 cm³/mol. The van der Waals surface area contributed by atoms with Crippen LogP contribution < -0.4 is 76.5 Å². The molecule has 0 saturated heterocycles. The van der Waals surface area contributed by atoms with Gasteiger partial charge >= 0.3 is 0 Å². The molecule has 0 saturated carbocycles. The van der Waals surface area contributed by atoms with Crippen LogP contribution in [0.5, 0.6) is 0 Å². The monoisotopic (exact) mass is 704 g/mol. The third kappa shape index (κ3) is 5.27. The number of nitrogens with zero attached hydrogens (tertiary/aromatic N) is 4. The molecule has 234 valence electrons. The fourth-order valence-corrected chi connectivity index (χ4v) is 7.65. The normalized spacial score (nSPS) is 11.7. The van der Waals surface area contributed by atoms with Crippen molar-refractivity contribution in [2.45, 2.75) is 0 Å². The van der Waals surface area contributed by atoms with Crippen LogP contribution in [0, 0.1) is 0 Å². The Labute approximate surface area is 352 Å². The van der Waals surface area contributed by atoms with E-state index in [1.165, 1.54) is 4.57 Å². The number of benzene rings is 6. The summed E-state index contributed by atoms with van der Waals surface area (Å²) in [6.45, 7) is 0. The zero-order valence-electron chi connectivity index (χ0n) is 30.6. The Morgan fingerprint density at radius 2 is 0.707 bits per heavy atom. The van der Waals surface area contributed by atoms with E-state index in [0.717, 1.165) is 0 Å². The molecule has 0 unspecified atom stereocenters. The lowest BCUT2D eigenvalue weighted by Gasteiger charge is -2.21. The van der Waals surface area contributed by atoms with E-state index in [4.69, 9.17) is 129 Å². The summed E-state index contributed by atoms with van der Waals surface area (Å²) in [6, 6.07) is 18.7. The summed E-state index contributed by atoms with van der Waals surface area (Å²) in [5.74, 6) is 0.800. The van der Waals surface area contributed by atoms with E-state index in [-0.39, 0.29) is 137 Å². The molecule has 19 heteroatoms. The van der Waals surface area contributed by atoms with Crippen LogP contribution in [0.2, 0.25) is 0 Å². The molecule has 9 rings (SSSR count). The maximum Gasteiger partial charge on any atom is 0.167 e. The average molecular weight is 702 g/mol. The Kier molecular flexibility index (Phi) is 9.07. The third-order valence-corrected chi connectivity index (χ3v) is 10.7. The fourth-order valence-electron chi connectivity index (χ4n) is 7.65. The van der Waals surface area contributed by atoms with Crippen LogP contribution in [0.1, 0.15) is 0 Å². The Morgan fingerprint density at radius 1 is 0.345 bits per heavy atom. The van der Waals surface area contributed by atoms with Gasteiger partial charge in [-0.2, -0.15) is 0 Å². The van der Waals surface area contributed by atoms with Crippen molar-refractivity contribution in [3.05, 3.63) is 60.7 Å². The first-order chi connectivity index (χ1) is 27.6. The molecule has 0 bridgehead atoms. The maximum atomic E-state index is 6.92. The molecule has 9 aromatic rings. The first-order valence-corrected chi connectivity index (χ1v) is 17.5. The highest BCUT2D eigenvalue weighted by molar-refractivity contribution is 6.72. The van der Waals surface area contributed by atoms with Crippen molar-refractivity contribution in [3.8, 4) is 39.9 Å². The van der Waals surface area contributed by atoms with Gasteiger partial charge in [0.25, 0.3) is 0 Å². The van der Waals surface area contributed by atoms with Crippen LogP contribution in [0.4, 0.5) is 0 Å². The van der Waals surface area contributed by atoms with Gasteiger partial charge in [-0.05, 0) is 10.8 Å². The van der Waals surface area contributed by atoms with E-state index in [2.05, 4.69) is 0 Å². The Balaban J connectivity index is 1.50. The third-order valence-electron chi connectivity index (χ3n) is 10.7. The van der Waals surface area contributed by atoms with Crippen LogP contribution in [0.3, 0.4) is 0 Å². The molecule has 0 spiro atoms. The van der Waals surface area contributed by atoms with E-state index < -0.39 is 0 Å². The standard InChI is InChI=1S/C39H10B14N4O/c40-18-13-14-19(41)25(47)28(50)30(52)33(14)57(32(13)29(51)27(49)24(18)46)34-31(53)26(48)21(43)16-15-20(42)23(45)22(44)17(35(15)58-36(16)34)39-55-37(11-7-3-1-4-8-11)54-38(56-39)12-9-5-2-6-10-12/h1-10H. The van der Waals surface area contributed by atoms with Crippen LogP contribution in [-0.4, -0.2) is 129 Å². The zero-order chi connectivity index (χ0) is 41.2. The molecule has 3 aromatic heterocycles. The second kappa shape index (κ2) is 13.7. The van der Waals surface area contributed by atoms with Gasteiger partial charge in [0.1, 0.15) is 115 Å². The molecule has 0 aliphatic heterocycles. The Bertz CT molecular complexity index is 3140. The van der Waals surface area contributed by atoms with Crippen molar-refractivity contribution in [1.29, 1.82) is 0 Å². The van der Waals surface area contributed by atoms with Crippen molar-refractivity contribution in [3.63, 3.8) is 0 Å². The zero-order valence-corrected chi connectivity index (χ0v) is 30.6. The fraction of sp³-hybridized carbons (Fsp3) is 0. The van der Waals surface area contributed by atoms with Gasteiger partial charge in [0, 0.05) is 32.9 Å². The van der Waals surface area contributed by atoms with Crippen LogP contribution in [0.15, 0.2) is 65.1 Å². The van der Waals surface area contributed by atoms with Gasteiger partial charge in [0.2, 0.25) is 0 Å². The second-order valence-electron chi connectivity index (χ2n) is 13.8. The van der Waals surface area contributed by atoms with Crippen molar-refractivity contribution in [2.24, 2.45) is 0 Å². The van der Waals surface area contributed by atoms with Crippen molar-refractivity contribution in [1.82, 2.24) is 19.5 Å². The first kappa shape index (κ1) is 38.4. The number of furan rings is 1. The summed E-state index contributed by atoms with van der Waals surface area (Å²) < 4.78 is 8.39. The first-order valence-electron chi connectivity index (χ1n) is 17.5. The summed E-state index contributed by atoms with van der Waals surface area (Å²) in [7, 11) is 93.3. The Morgan fingerprint density at radius 3 is 1.17 bits per heavy atom. The molecule has 58 heavy (non-hydrogen) atoms. The van der Waals surface area contributed by atoms with Gasteiger partial charge in [0.05, 0.1) is 11.3 Å². The van der Waals surface area contributed by atoms with Gasteiger partial charge < -0.3 is 8.98 Å². The summed E-state index contributed by atoms with van der Waals surface area (Å²) in [5.41, 5.74) is 2.12. The molecule has 0 amide bonds. The summed E-state index contributed by atoms with van der Waals surface area (Å²) in [5, 5.41) is 0.964. The molecule has 0 fully saturated rings. The lowest BCUT2D eigenvalue weighted by Crippen LogP contribution is -2.49. The number of rotatable bonds is 4. The average Bonchev–Trinajstić information content (AvgIpc) is 3.80. The smallest absolute Gasteiger partial charge is 0.167 e. The molecule has 0 aliphatic carbocycles. The molecule has 0 aliphatic rings. The number of fused-ring (bicyclic) bond motifs is 6. The predicted octanol–water partition coefficient (Wildman–Crippen LogP) is -7.02. The molecular formula is C39H10B14N4O. The highest BCUT2D eigenvalue weighted by Crippen LogP contribution is 2.36. The minimum atomic E-state index is -0.0662. The van der Waals surface area contributed by atoms with E-state index in [9.17, 15) is 0 Å². The van der Waals surface area contributed by atoms with Crippen LogP contribution in [0.25, 0.3) is 83.6 Å². The van der Waals surface area contributed by atoms with E-state index in [1.807, 2.05) is 60.7 Å². The van der Waals surface area contributed by atoms with Crippen molar-refractivity contribution in [2.75, 3.05) is 0 Å². The van der Waals surface area contributed by atoms with E-state index in [0.29, 0.717) is 22.8 Å². The Hall–Kier alpha value is -5.16. The highest BCUT2D eigenvalue weighted by atomic mass is 16.3. The largest absolute Gasteiger partial charge is 0.453 e. The molecule has 6 aromatic carbocycles. The molecular weight excluding hydrogens is 692 g/mol. The number of aromatic nitrogens is 4. The number of hydrogen-bond donors (Lipinski definition) is 0. The quantitative estimate of drug-likeness (QED) is 0.172. The minimum absolute atomic E-state index is 0.00144. The van der Waals surface area contributed by atoms with Gasteiger partial charge in [-0.1, -0.05) is 104 Å². The number of hydrogen-bond acceptors (Lipinski definition) is 4. The maximum absolute atomic E-state index is 6.92. The van der Waals surface area contributed by atoms with Crippen LogP contribution in [-0.2, 0) is 0 Å². The van der Waals surface area contributed by atoms with Gasteiger partial charge in [0.15, 0.2) is 23.1 Å². The van der Waals surface area contributed by atoms with Gasteiger partial charge in [-0.15, -0.1) is 32.8 Å².